The number of carboxylic acid groups (broad SMARTS) is 1. The summed E-state index contributed by atoms with van der Waals surface area (Å²) in [5.74, 6) is -0.923. The number of amides is 1. The van der Waals surface area contributed by atoms with Crippen LogP contribution in [0.1, 0.15) is 40.0 Å². The summed E-state index contributed by atoms with van der Waals surface area (Å²) < 4.78 is 5.95. The topological polar surface area (TPSA) is 92.9 Å². The number of nitrogens with zero attached hydrogens (tertiary/aromatic N) is 1. The molecule has 0 saturated carbocycles. The summed E-state index contributed by atoms with van der Waals surface area (Å²) in [5, 5.41) is 9.50. The van der Waals surface area contributed by atoms with Crippen molar-refractivity contribution in [3.63, 3.8) is 0 Å². The number of nitrogens with two attached hydrogens (primary N) is 1. The molecule has 1 amide bonds. The van der Waals surface area contributed by atoms with Gasteiger partial charge in [-0.15, -0.1) is 0 Å². The van der Waals surface area contributed by atoms with Gasteiger partial charge in [0.1, 0.15) is 17.5 Å². The van der Waals surface area contributed by atoms with Crippen molar-refractivity contribution in [1.82, 2.24) is 0 Å². The van der Waals surface area contributed by atoms with E-state index in [0.717, 1.165) is 0 Å². The van der Waals surface area contributed by atoms with Gasteiger partial charge in [0.2, 0.25) is 0 Å². The number of rotatable bonds is 5. The largest absolute Gasteiger partial charge is 0.480 e. The van der Waals surface area contributed by atoms with Crippen molar-refractivity contribution in [1.29, 1.82) is 0 Å². The number of fused-ring (bicyclic) bond motifs is 1. The minimum Gasteiger partial charge on any atom is -0.480 e. The molecule has 120 valence electrons. The first kappa shape index (κ1) is 16.1. The fraction of sp³-hybridized carbons (Fsp3) is 0.500. The molecule has 1 atom stereocenters. The van der Waals surface area contributed by atoms with E-state index in [-0.39, 0.29) is 5.91 Å². The number of carbonyl (C=O) groups excluding carboxylic acids is 1. The Morgan fingerprint density at radius 3 is 2.50 bits per heavy atom. The average Bonchev–Trinajstić information content (AvgIpc) is 2.50. The third-order valence-corrected chi connectivity index (χ3v) is 4.31. The van der Waals surface area contributed by atoms with E-state index in [1.54, 1.807) is 25.1 Å². The first-order valence-electron chi connectivity index (χ1n) is 7.55. The normalized spacial score (nSPS) is 17.6. The highest BCUT2D eigenvalue weighted by molar-refractivity contribution is 6.08. The summed E-state index contributed by atoms with van der Waals surface area (Å²) in [7, 11) is 0. The van der Waals surface area contributed by atoms with Crippen LogP contribution in [0.5, 0.6) is 5.75 Å². The minimum absolute atomic E-state index is 0.290. The van der Waals surface area contributed by atoms with Crippen molar-refractivity contribution >= 4 is 23.3 Å². The summed E-state index contributed by atoms with van der Waals surface area (Å²) in [6.45, 7) is 5.46. The van der Waals surface area contributed by atoms with Crippen LogP contribution in [0.3, 0.4) is 0 Å². The number of nitrogen functional groups attached to an aromatic ring is 1. The number of benzene rings is 1. The van der Waals surface area contributed by atoms with E-state index >= 15 is 0 Å². The molecular weight excluding hydrogens is 284 g/mol. The minimum atomic E-state index is -1.05. The molecule has 1 aromatic rings. The summed E-state index contributed by atoms with van der Waals surface area (Å²) in [5.41, 5.74) is 5.65. The van der Waals surface area contributed by atoms with Gasteiger partial charge in [-0.3, -0.25) is 9.69 Å². The van der Waals surface area contributed by atoms with E-state index in [1.807, 2.05) is 13.8 Å². The first-order chi connectivity index (χ1) is 10.4. The fourth-order valence-corrected chi connectivity index (χ4v) is 2.92. The number of carbonyl (C=O) groups is 2. The van der Waals surface area contributed by atoms with Crippen LogP contribution >= 0.6 is 0 Å². The zero-order chi connectivity index (χ0) is 16.5. The van der Waals surface area contributed by atoms with Crippen molar-refractivity contribution in [3.05, 3.63) is 18.2 Å². The molecule has 0 bridgehead atoms. The third kappa shape index (κ3) is 2.28. The van der Waals surface area contributed by atoms with Crippen LogP contribution in [-0.2, 0) is 9.59 Å². The van der Waals surface area contributed by atoms with E-state index in [4.69, 9.17) is 10.5 Å². The molecule has 2 rings (SSSR count). The lowest BCUT2D eigenvalue weighted by atomic mass is 9.91. The summed E-state index contributed by atoms with van der Waals surface area (Å²) in [6, 6.07) is 4.14. The molecule has 3 N–H and O–H groups in total. The Hall–Kier alpha value is -2.24. The second kappa shape index (κ2) is 5.87. The maximum Gasteiger partial charge on any atom is 0.326 e. The monoisotopic (exact) mass is 306 g/mol. The van der Waals surface area contributed by atoms with Crippen LogP contribution in [0.15, 0.2) is 18.2 Å². The van der Waals surface area contributed by atoms with E-state index < -0.39 is 17.6 Å². The summed E-state index contributed by atoms with van der Waals surface area (Å²) in [4.78, 5) is 25.9. The van der Waals surface area contributed by atoms with Crippen molar-refractivity contribution < 1.29 is 19.4 Å². The number of para-hydroxylation sites is 1. The molecule has 1 unspecified atom stereocenters. The number of ether oxygens (including phenoxy) is 1. The molecule has 1 heterocycles. The Morgan fingerprint density at radius 1 is 1.36 bits per heavy atom. The Bertz CT molecular complexity index is 596. The molecule has 6 heteroatoms. The van der Waals surface area contributed by atoms with Gasteiger partial charge in [-0.25, -0.2) is 4.79 Å². The second-order valence-corrected chi connectivity index (χ2v) is 5.43. The van der Waals surface area contributed by atoms with E-state index in [1.165, 1.54) is 4.90 Å². The number of hydrogen-bond donors (Lipinski definition) is 2. The van der Waals surface area contributed by atoms with Gasteiger partial charge < -0.3 is 15.6 Å². The molecule has 1 aromatic carbocycles. The third-order valence-electron chi connectivity index (χ3n) is 4.31. The molecule has 1 aliphatic rings. The van der Waals surface area contributed by atoms with Crippen LogP contribution < -0.4 is 15.4 Å². The first-order valence-corrected chi connectivity index (χ1v) is 7.55. The van der Waals surface area contributed by atoms with Crippen LogP contribution in [0, 0.1) is 0 Å². The Labute approximate surface area is 129 Å². The van der Waals surface area contributed by atoms with Crippen LogP contribution in [0.2, 0.25) is 0 Å². The molecule has 1 aliphatic heterocycles. The molecule has 0 radical (unpaired) electrons. The SMILES string of the molecule is CCC(C(=O)O)N1C(=O)C(CC)(CC)Oc2cccc(N)c21. The van der Waals surface area contributed by atoms with E-state index in [0.29, 0.717) is 36.4 Å². The lowest BCUT2D eigenvalue weighted by Gasteiger charge is -2.44. The standard InChI is InChI=1S/C16H22N2O4/c1-4-11(14(19)20)18-13-10(17)8-7-9-12(13)22-16(5-2,6-3)15(18)21/h7-9,11H,4-6,17H2,1-3H3,(H,19,20). The summed E-state index contributed by atoms with van der Waals surface area (Å²) >= 11 is 0. The quantitative estimate of drug-likeness (QED) is 0.815. The van der Waals surface area contributed by atoms with Crippen LogP contribution in [0.4, 0.5) is 11.4 Å². The predicted molar refractivity (Wildman–Crippen MR) is 84.0 cm³/mol. The lowest BCUT2D eigenvalue weighted by molar-refractivity contribution is -0.144. The molecule has 0 fully saturated rings. The molecular formula is C16H22N2O4. The fourth-order valence-electron chi connectivity index (χ4n) is 2.92. The Balaban J connectivity index is 2.68. The molecule has 0 aliphatic carbocycles. The zero-order valence-electron chi connectivity index (χ0n) is 13.1. The number of anilines is 2. The second-order valence-electron chi connectivity index (χ2n) is 5.43. The van der Waals surface area contributed by atoms with E-state index in [9.17, 15) is 14.7 Å². The highest BCUT2D eigenvalue weighted by Gasteiger charge is 2.49. The predicted octanol–water partition coefficient (Wildman–Crippen LogP) is 2.42. The molecule has 0 aromatic heterocycles. The number of carboxylic acids is 1. The van der Waals surface area contributed by atoms with Crippen molar-refractivity contribution in [3.8, 4) is 5.75 Å². The molecule has 6 nitrogen and oxygen atoms in total. The Morgan fingerprint density at radius 2 is 2.00 bits per heavy atom. The van der Waals surface area contributed by atoms with Crippen LogP contribution in [0.25, 0.3) is 0 Å². The van der Waals surface area contributed by atoms with Crippen molar-refractivity contribution in [2.24, 2.45) is 0 Å². The van der Waals surface area contributed by atoms with E-state index in [2.05, 4.69) is 0 Å². The maximum absolute atomic E-state index is 13.0. The zero-order valence-corrected chi connectivity index (χ0v) is 13.1. The molecule has 0 spiro atoms. The smallest absolute Gasteiger partial charge is 0.326 e. The van der Waals surface area contributed by atoms with Gasteiger partial charge in [0.15, 0.2) is 5.60 Å². The van der Waals surface area contributed by atoms with Gasteiger partial charge in [0, 0.05) is 0 Å². The van der Waals surface area contributed by atoms with Gasteiger partial charge in [-0.05, 0) is 31.4 Å². The maximum atomic E-state index is 13.0. The molecule has 0 saturated heterocycles. The average molecular weight is 306 g/mol. The number of hydrogen-bond acceptors (Lipinski definition) is 4. The Kier molecular flexibility index (Phi) is 4.30. The highest BCUT2D eigenvalue weighted by atomic mass is 16.5. The number of aliphatic carboxylic acids is 1. The van der Waals surface area contributed by atoms with Crippen molar-refractivity contribution in [2.75, 3.05) is 10.6 Å². The van der Waals surface area contributed by atoms with Gasteiger partial charge in [-0.1, -0.05) is 26.8 Å². The van der Waals surface area contributed by atoms with Gasteiger partial charge in [-0.2, -0.15) is 0 Å². The van der Waals surface area contributed by atoms with Gasteiger partial charge in [0.25, 0.3) is 5.91 Å². The van der Waals surface area contributed by atoms with Gasteiger partial charge in [0.05, 0.1) is 5.69 Å². The van der Waals surface area contributed by atoms with Gasteiger partial charge >= 0.3 is 5.97 Å². The highest BCUT2D eigenvalue weighted by Crippen LogP contribution is 2.45. The lowest BCUT2D eigenvalue weighted by Crippen LogP contribution is -2.60. The summed E-state index contributed by atoms with van der Waals surface area (Å²) in [6.07, 6.45) is 1.21. The molecule has 22 heavy (non-hydrogen) atoms. The van der Waals surface area contributed by atoms with Crippen molar-refractivity contribution in [2.45, 2.75) is 51.7 Å². The van der Waals surface area contributed by atoms with Crippen LogP contribution in [-0.4, -0.2) is 28.6 Å².